The Morgan fingerprint density at radius 1 is 1.17 bits per heavy atom. The Kier molecular flexibility index (Phi) is 4.43. The van der Waals surface area contributed by atoms with Crippen LogP contribution in [0, 0.1) is 6.92 Å². The van der Waals surface area contributed by atoms with Crippen molar-refractivity contribution in [3.8, 4) is 0 Å². The van der Waals surface area contributed by atoms with Crippen LogP contribution in [0.3, 0.4) is 0 Å². The molecule has 0 aromatic heterocycles. The second-order valence-corrected chi connectivity index (χ2v) is 4.91. The SMILES string of the molecule is C/C=C\c1cccc(N2CCN(CC)CC2)c1C. The highest BCUT2D eigenvalue weighted by atomic mass is 15.3. The summed E-state index contributed by atoms with van der Waals surface area (Å²) in [5, 5.41) is 0. The minimum absolute atomic E-state index is 1.15. The summed E-state index contributed by atoms with van der Waals surface area (Å²) in [5.41, 5.74) is 4.15. The van der Waals surface area contributed by atoms with E-state index in [1.807, 2.05) is 0 Å². The van der Waals surface area contributed by atoms with Crippen molar-refractivity contribution in [1.29, 1.82) is 0 Å². The fraction of sp³-hybridized carbons (Fsp3) is 0.500. The zero-order valence-corrected chi connectivity index (χ0v) is 11.8. The summed E-state index contributed by atoms with van der Waals surface area (Å²) in [6, 6.07) is 6.62. The molecule has 1 aliphatic heterocycles. The molecule has 1 aromatic carbocycles. The second-order valence-electron chi connectivity index (χ2n) is 4.91. The summed E-state index contributed by atoms with van der Waals surface area (Å²) < 4.78 is 0. The topological polar surface area (TPSA) is 6.48 Å². The molecule has 98 valence electrons. The predicted molar refractivity (Wildman–Crippen MR) is 80.2 cm³/mol. The Morgan fingerprint density at radius 2 is 1.89 bits per heavy atom. The molecule has 18 heavy (non-hydrogen) atoms. The summed E-state index contributed by atoms with van der Waals surface area (Å²) in [5.74, 6) is 0. The van der Waals surface area contributed by atoms with Crippen LogP contribution in [0.5, 0.6) is 0 Å². The van der Waals surface area contributed by atoms with Gasteiger partial charge in [0.05, 0.1) is 0 Å². The van der Waals surface area contributed by atoms with E-state index in [1.54, 1.807) is 0 Å². The lowest BCUT2D eigenvalue weighted by Gasteiger charge is -2.36. The normalized spacial score (nSPS) is 17.6. The lowest BCUT2D eigenvalue weighted by Crippen LogP contribution is -2.46. The first kappa shape index (κ1) is 13.2. The molecule has 1 heterocycles. The molecule has 0 radical (unpaired) electrons. The third-order valence-corrected chi connectivity index (χ3v) is 3.85. The Morgan fingerprint density at radius 3 is 2.50 bits per heavy atom. The average molecular weight is 244 g/mol. The molecule has 0 atom stereocenters. The third kappa shape index (κ3) is 2.75. The highest BCUT2D eigenvalue weighted by Crippen LogP contribution is 2.25. The number of benzene rings is 1. The van der Waals surface area contributed by atoms with Crippen molar-refractivity contribution in [3.63, 3.8) is 0 Å². The van der Waals surface area contributed by atoms with Crippen molar-refractivity contribution in [1.82, 2.24) is 4.90 Å². The molecule has 2 rings (SSSR count). The highest BCUT2D eigenvalue weighted by Gasteiger charge is 2.17. The molecule has 0 bridgehead atoms. The molecule has 0 saturated carbocycles. The van der Waals surface area contributed by atoms with Gasteiger partial charge in [-0.25, -0.2) is 0 Å². The molecule has 0 amide bonds. The average Bonchev–Trinajstić information content (AvgIpc) is 2.42. The minimum atomic E-state index is 1.15. The number of hydrogen-bond acceptors (Lipinski definition) is 2. The fourth-order valence-corrected chi connectivity index (χ4v) is 2.65. The second kappa shape index (κ2) is 6.05. The van der Waals surface area contributed by atoms with Crippen LogP contribution in [0.1, 0.15) is 25.0 Å². The number of piperazine rings is 1. The number of nitrogens with zero attached hydrogens (tertiary/aromatic N) is 2. The van der Waals surface area contributed by atoms with Crippen LogP contribution in [-0.4, -0.2) is 37.6 Å². The van der Waals surface area contributed by atoms with Gasteiger partial charge in [-0.15, -0.1) is 0 Å². The van der Waals surface area contributed by atoms with Gasteiger partial charge in [0, 0.05) is 31.9 Å². The Balaban J connectivity index is 2.16. The molecule has 1 saturated heterocycles. The van der Waals surface area contributed by atoms with E-state index in [-0.39, 0.29) is 0 Å². The Labute approximate surface area is 111 Å². The van der Waals surface area contributed by atoms with Gasteiger partial charge >= 0.3 is 0 Å². The van der Waals surface area contributed by atoms with Crippen LogP contribution in [0.2, 0.25) is 0 Å². The number of allylic oxidation sites excluding steroid dienone is 1. The van der Waals surface area contributed by atoms with Crippen LogP contribution >= 0.6 is 0 Å². The standard InChI is InChI=1S/C16H24N2/c1-4-7-15-8-6-9-16(14(15)3)18-12-10-17(5-2)11-13-18/h4,6-9H,5,10-13H2,1-3H3/b7-4-. The Bertz CT molecular complexity index is 415. The predicted octanol–water partition coefficient (Wildman–Crippen LogP) is 3.17. The van der Waals surface area contributed by atoms with Gasteiger partial charge in [0.2, 0.25) is 0 Å². The largest absolute Gasteiger partial charge is 0.369 e. The molecular formula is C16H24N2. The first-order valence-electron chi connectivity index (χ1n) is 6.96. The van der Waals surface area contributed by atoms with Crippen LogP contribution in [0.4, 0.5) is 5.69 Å². The van der Waals surface area contributed by atoms with E-state index in [0.717, 1.165) is 13.1 Å². The monoisotopic (exact) mass is 244 g/mol. The molecule has 2 heteroatoms. The van der Waals surface area contributed by atoms with E-state index < -0.39 is 0 Å². The lowest BCUT2D eigenvalue weighted by molar-refractivity contribution is 0.271. The van der Waals surface area contributed by atoms with Crippen molar-refractivity contribution in [2.45, 2.75) is 20.8 Å². The molecule has 1 fully saturated rings. The number of rotatable bonds is 3. The summed E-state index contributed by atoms with van der Waals surface area (Å²) >= 11 is 0. The van der Waals surface area contributed by atoms with Gasteiger partial charge in [-0.3, -0.25) is 0 Å². The van der Waals surface area contributed by atoms with E-state index in [1.165, 1.54) is 36.4 Å². The van der Waals surface area contributed by atoms with Gasteiger partial charge in [-0.1, -0.05) is 31.2 Å². The third-order valence-electron chi connectivity index (χ3n) is 3.85. The quantitative estimate of drug-likeness (QED) is 0.806. The van der Waals surface area contributed by atoms with Crippen molar-refractivity contribution in [2.24, 2.45) is 0 Å². The van der Waals surface area contributed by atoms with Crippen LogP contribution in [-0.2, 0) is 0 Å². The first-order valence-corrected chi connectivity index (χ1v) is 6.96. The zero-order chi connectivity index (χ0) is 13.0. The van der Waals surface area contributed by atoms with Gasteiger partial charge in [0.15, 0.2) is 0 Å². The number of likely N-dealkylation sites (N-methyl/N-ethyl adjacent to an activating group) is 1. The number of hydrogen-bond donors (Lipinski definition) is 0. The van der Waals surface area contributed by atoms with E-state index in [9.17, 15) is 0 Å². The minimum Gasteiger partial charge on any atom is -0.369 e. The molecule has 0 unspecified atom stereocenters. The molecule has 2 nitrogen and oxygen atoms in total. The van der Waals surface area contributed by atoms with Crippen molar-refractivity contribution < 1.29 is 0 Å². The smallest absolute Gasteiger partial charge is 0.0402 e. The molecule has 1 aliphatic rings. The maximum absolute atomic E-state index is 2.52. The summed E-state index contributed by atoms with van der Waals surface area (Å²) in [6.45, 7) is 12.4. The maximum Gasteiger partial charge on any atom is 0.0402 e. The Hall–Kier alpha value is -1.28. The van der Waals surface area contributed by atoms with E-state index in [4.69, 9.17) is 0 Å². The van der Waals surface area contributed by atoms with Crippen molar-refractivity contribution >= 4 is 11.8 Å². The van der Waals surface area contributed by atoms with Gasteiger partial charge in [-0.2, -0.15) is 0 Å². The summed E-state index contributed by atoms with van der Waals surface area (Å²) in [7, 11) is 0. The molecule has 0 N–H and O–H groups in total. The van der Waals surface area contributed by atoms with Gasteiger partial charge in [-0.05, 0) is 37.6 Å². The van der Waals surface area contributed by atoms with Crippen molar-refractivity contribution in [2.75, 3.05) is 37.6 Å². The molecule has 0 aliphatic carbocycles. The highest BCUT2D eigenvalue weighted by molar-refractivity contribution is 5.65. The number of anilines is 1. The maximum atomic E-state index is 2.52. The fourth-order valence-electron chi connectivity index (χ4n) is 2.65. The van der Waals surface area contributed by atoms with E-state index in [0.29, 0.717) is 0 Å². The van der Waals surface area contributed by atoms with E-state index >= 15 is 0 Å². The molecule has 0 spiro atoms. The van der Waals surface area contributed by atoms with Crippen LogP contribution in [0.15, 0.2) is 24.3 Å². The van der Waals surface area contributed by atoms with Crippen LogP contribution in [0.25, 0.3) is 6.08 Å². The zero-order valence-electron chi connectivity index (χ0n) is 11.8. The van der Waals surface area contributed by atoms with Gasteiger partial charge < -0.3 is 9.80 Å². The summed E-state index contributed by atoms with van der Waals surface area (Å²) in [4.78, 5) is 5.04. The molecule has 1 aromatic rings. The lowest BCUT2D eigenvalue weighted by atomic mass is 10.0. The molecular weight excluding hydrogens is 220 g/mol. The van der Waals surface area contributed by atoms with Crippen molar-refractivity contribution in [3.05, 3.63) is 35.4 Å². The first-order chi connectivity index (χ1) is 8.76. The summed E-state index contributed by atoms with van der Waals surface area (Å²) in [6.07, 6.45) is 4.31. The van der Waals surface area contributed by atoms with Crippen LogP contribution < -0.4 is 4.90 Å². The van der Waals surface area contributed by atoms with Gasteiger partial charge in [0.25, 0.3) is 0 Å². The van der Waals surface area contributed by atoms with Gasteiger partial charge in [0.1, 0.15) is 0 Å². The van der Waals surface area contributed by atoms with E-state index in [2.05, 4.69) is 60.9 Å².